The summed E-state index contributed by atoms with van der Waals surface area (Å²) in [5, 5.41) is 10.8. The zero-order valence-corrected chi connectivity index (χ0v) is 11.2. The summed E-state index contributed by atoms with van der Waals surface area (Å²) in [4.78, 5) is 2.97. The van der Waals surface area contributed by atoms with E-state index < -0.39 is 11.7 Å². The van der Waals surface area contributed by atoms with Gasteiger partial charge in [-0.15, -0.1) is 10.2 Å². The zero-order valence-electron chi connectivity index (χ0n) is 11.2. The molecule has 0 saturated carbocycles. The highest BCUT2D eigenvalue weighted by atomic mass is 19.4. The van der Waals surface area contributed by atoms with Crippen LogP contribution in [-0.2, 0) is 6.18 Å². The first kappa shape index (κ1) is 14.1. The van der Waals surface area contributed by atoms with Crippen molar-refractivity contribution in [3.8, 4) is 11.4 Å². The fourth-order valence-electron chi connectivity index (χ4n) is 1.92. The maximum atomic E-state index is 12.5. The quantitative estimate of drug-likeness (QED) is 0.761. The first-order valence-corrected chi connectivity index (χ1v) is 6.45. The second-order valence-electron chi connectivity index (χ2n) is 4.59. The summed E-state index contributed by atoms with van der Waals surface area (Å²) < 4.78 is 37.5. The summed E-state index contributed by atoms with van der Waals surface area (Å²) in [6, 6.07) is 14.1. The molecular formula is C15H11F3N4. The van der Waals surface area contributed by atoms with E-state index in [-0.39, 0.29) is 0 Å². The van der Waals surface area contributed by atoms with E-state index in [1.54, 1.807) is 0 Å². The van der Waals surface area contributed by atoms with E-state index in [9.17, 15) is 13.2 Å². The highest BCUT2D eigenvalue weighted by Gasteiger charge is 2.29. The van der Waals surface area contributed by atoms with Gasteiger partial charge in [0.05, 0.1) is 5.56 Å². The molecule has 3 rings (SSSR count). The van der Waals surface area contributed by atoms with Crippen LogP contribution in [0, 0.1) is 0 Å². The normalized spacial score (nSPS) is 11.4. The van der Waals surface area contributed by atoms with Gasteiger partial charge in [-0.2, -0.15) is 13.2 Å². The van der Waals surface area contributed by atoms with E-state index in [0.717, 1.165) is 17.7 Å². The summed E-state index contributed by atoms with van der Waals surface area (Å²) in [5.74, 6) is 0.939. The number of nitrogens with zero attached hydrogens (tertiary/aromatic N) is 2. The molecule has 0 fully saturated rings. The molecule has 1 aromatic heterocycles. The predicted molar refractivity (Wildman–Crippen MR) is 76.5 cm³/mol. The van der Waals surface area contributed by atoms with Crippen molar-refractivity contribution in [2.75, 3.05) is 5.32 Å². The number of hydrogen-bond acceptors (Lipinski definition) is 3. The van der Waals surface area contributed by atoms with Crippen LogP contribution in [0.5, 0.6) is 0 Å². The van der Waals surface area contributed by atoms with Crippen LogP contribution >= 0.6 is 0 Å². The van der Waals surface area contributed by atoms with Crippen LogP contribution < -0.4 is 5.32 Å². The van der Waals surface area contributed by atoms with Crippen LogP contribution in [0.25, 0.3) is 11.4 Å². The fourth-order valence-corrected chi connectivity index (χ4v) is 1.92. The van der Waals surface area contributed by atoms with Crippen LogP contribution in [0.1, 0.15) is 5.56 Å². The predicted octanol–water partition coefficient (Wildman–Crippen LogP) is 4.23. The summed E-state index contributed by atoms with van der Waals surface area (Å²) >= 11 is 0. The second kappa shape index (κ2) is 5.51. The first-order valence-electron chi connectivity index (χ1n) is 6.45. The van der Waals surface area contributed by atoms with Crippen molar-refractivity contribution in [3.63, 3.8) is 0 Å². The lowest BCUT2D eigenvalue weighted by Gasteiger charge is -2.07. The van der Waals surface area contributed by atoms with E-state index in [2.05, 4.69) is 20.5 Å². The summed E-state index contributed by atoms with van der Waals surface area (Å²) in [5.41, 5.74) is 0.667. The van der Waals surface area contributed by atoms with Crippen molar-refractivity contribution in [2.45, 2.75) is 6.18 Å². The number of benzene rings is 2. The Balaban J connectivity index is 1.76. The zero-order chi connectivity index (χ0) is 15.6. The molecule has 22 heavy (non-hydrogen) atoms. The largest absolute Gasteiger partial charge is 0.416 e. The number of hydrogen-bond donors (Lipinski definition) is 2. The second-order valence-corrected chi connectivity index (χ2v) is 4.59. The Labute approximate surface area is 124 Å². The third kappa shape index (κ3) is 3.08. The summed E-state index contributed by atoms with van der Waals surface area (Å²) in [6.07, 6.45) is -4.34. The molecule has 0 saturated heterocycles. The molecule has 2 aromatic carbocycles. The summed E-state index contributed by atoms with van der Waals surface area (Å²) in [7, 11) is 0. The van der Waals surface area contributed by atoms with Crippen LogP contribution in [-0.4, -0.2) is 15.2 Å². The van der Waals surface area contributed by atoms with Crippen LogP contribution in [0.3, 0.4) is 0 Å². The molecule has 0 unspecified atom stereocenters. The maximum absolute atomic E-state index is 12.5. The lowest BCUT2D eigenvalue weighted by Crippen LogP contribution is -2.04. The van der Waals surface area contributed by atoms with Gasteiger partial charge >= 0.3 is 6.18 Å². The number of rotatable bonds is 3. The standard InChI is InChI=1S/C15H11F3N4/c16-15(17,18)11-6-8-12(9-7-11)19-14-20-13(21-22-14)10-4-2-1-3-5-10/h1-9H,(H2,19,20,21,22). The molecule has 0 atom stereocenters. The molecule has 4 nitrogen and oxygen atoms in total. The molecular weight excluding hydrogens is 293 g/mol. The van der Waals surface area contributed by atoms with Gasteiger partial charge in [-0.1, -0.05) is 30.3 Å². The molecule has 3 aromatic rings. The number of aromatic nitrogens is 3. The average Bonchev–Trinajstić information content (AvgIpc) is 2.96. The Kier molecular flexibility index (Phi) is 3.54. The van der Waals surface area contributed by atoms with Crippen molar-refractivity contribution >= 4 is 11.6 Å². The Morgan fingerprint density at radius 2 is 1.55 bits per heavy atom. The topological polar surface area (TPSA) is 53.6 Å². The molecule has 1 heterocycles. The Hall–Kier alpha value is -2.83. The molecule has 2 N–H and O–H groups in total. The van der Waals surface area contributed by atoms with E-state index in [0.29, 0.717) is 17.5 Å². The van der Waals surface area contributed by atoms with Crippen molar-refractivity contribution in [2.24, 2.45) is 0 Å². The van der Waals surface area contributed by atoms with Crippen LogP contribution in [0.2, 0.25) is 0 Å². The molecule has 0 aliphatic carbocycles. The Morgan fingerprint density at radius 1 is 0.864 bits per heavy atom. The van der Waals surface area contributed by atoms with Gasteiger partial charge in [0.15, 0.2) is 5.82 Å². The van der Waals surface area contributed by atoms with Gasteiger partial charge in [0.1, 0.15) is 0 Å². The van der Waals surface area contributed by atoms with E-state index in [1.165, 1.54) is 12.1 Å². The van der Waals surface area contributed by atoms with Gasteiger partial charge in [-0.05, 0) is 24.3 Å². The minimum Gasteiger partial charge on any atom is -0.324 e. The Morgan fingerprint density at radius 3 is 2.18 bits per heavy atom. The highest BCUT2D eigenvalue weighted by Crippen LogP contribution is 2.30. The molecule has 7 heteroatoms. The highest BCUT2D eigenvalue weighted by molar-refractivity contribution is 5.59. The van der Waals surface area contributed by atoms with Gasteiger partial charge in [0.2, 0.25) is 5.95 Å². The summed E-state index contributed by atoms with van der Waals surface area (Å²) in [6.45, 7) is 0. The fraction of sp³-hybridized carbons (Fsp3) is 0.0667. The number of aromatic amines is 1. The van der Waals surface area contributed by atoms with Crippen molar-refractivity contribution in [1.82, 2.24) is 15.2 Å². The average molecular weight is 304 g/mol. The van der Waals surface area contributed by atoms with Crippen LogP contribution in [0.4, 0.5) is 24.8 Å². The third-order valence-corrected chi connectivity index (χ3v) is 3.01. The van der Waals surface area contributed by atoms with Gasteiger partial charge in [0, 0.05) is 11.3 Å². The van der Waals surface area contributed by atoms with E-state index in [1.807, 2.05) is 30.3 Å². The molecule has 0 bridgehead atoms. The van der Waals surface area contributed by atoms with Crippen LogP contribution in [0.15, 0.2) is 54.6 Å². The monoisotopic (exact) mass is 304 g/mol. The van der Waals surface area contributed by atoms with Gasteiger partial charge in [0.25, 0.3) is 0 Å². The molecule has 0 aliphatic heterocycles. The third-order valence-electron chi connectivity index (χ3n) is 3.01. The SMILES string of the molecule is FC(F)(F)c1ccc(Nc2nnc(-c3ccccc3)[nH]2)cc1. The lowest BCUT2D eigenvalue weighted by atomic mass is 10.2. The smallest absolute Gasteiger partial charge is 0.324 e. The van der Waals surface area contributed by atoms with Crippen molar-refractivity contribution in [3.05, 3.63) is 60.2 Å². The molecule has 0 radical (unpaired) electrons. The van der Waals surface area contributed by atoms with Crippen molar-refractivity contribution < 1.29 is 13.2 Å². The van der Waals surface area contributed by atoms with Gasteiger partial charge < -0.3 is 10.3 Å². The number of anilines is 2. The number of nitrogens with one attached hydrogen (secondary N) is 2. The number of halogens is 3. The van der Waals surface area contributed by atoms with Gasteiger partial charge in [-0.25, -0.2) is 0 Å². The molecule has 0 spiro atoms. The van der Waals surface area contributed by atoms with E-state index >= 15 is 0 Å². The first-order chi connectivity index (χ1) is 10.5. The maximum Gasteiger partial charge on any atom is 0.416 e. The van der Waals surface area contributed by atoms with Crippen molar-refractivity contribution in [1.29, 1.82) is 0 Å². The minimum atomic E-state index is -4.34. The minimum absolute atomic E-state index is 0.360. The number of alkyl halides is 3. The van der Waals surface area contributed by atoms with Gasteiger partial charge in [-0.3, -0.25) is 0 Å². The number of H-pyrrole nitrogens is 1. The molecule has 112 valence electrons. The Bertz CT molecular complexity index is 748. The van der Waals surface area contributed by atoms with E-state index in [4.69, 9.17) is 0 Å². The lowest BCUT2D eigenvalue weighted by molar-refractivity contribution is -0.137. The molecule has 0 amide bonds. The molecule has 0 aliphatic rings.